The molecule has 0 aliphatic heterocycles. The molecule has 0 bridgehead atoms. The Balaban J connectivity index is 0.00000361. The number of benzene rings is 1. The van der Waals surface area contributed by atoms with Gasteiger partial charge in [0.1, 0.15) is 18.7 Å². The average molecular weight is 568 g/mol. The van der Waals surface area contributed by atoms with Crippen LogP contribution in [0.15, 0.2) is 30.5 Å². The largest absolute Gasteiger partial charge is 0.471 e. The van der Waals surface area contributed by atoms with Crippen molar-refractivity contribution in [2.24, 2.45) is 11.7 Å². The van der Waals surface area contributed by atoms with E-state index >= 15 is 0 Å². The van der Waals surface area contributed by atoms with E-state index in [2.05, 4.69) is 43.2 Å². The number of ether oxygens (including phenoxy) is 3. The van der Waals surface area contributed by atoms with Crippen LogP contribution in [0.25, 0.3) is 11.1 Å². The fourth-order valence-corrected chi connectivity index (χ4v) is 4.04. The fourth-order valence-electron chi connectivity index (χ4n) is 4.04. The van der Waals surface area contributed by atoms with Crippen LogP contribution >= 0.6 is 24.8 Å². The Morgan fingerprint density at radius 1 is 1.03 bits per heavy atom. The predicted octanol–water partition coefficient (Wildman–Crippen LogP) is 4.60. The van der Waals surface area contributed by atoms with Crippen molar-refractivity contribution in [2.75, 3.05) is 14.2 Å². The molecule has 3 rings (SSSR count). The van der Waals surface area contributed by atoms with Gasteiger partial charge in [0.15, 0.2) is 0 Å². The van der Waals surface area contributed by atoms with Gasteiger partial charge in [-0.1, -0.05) is 43.7 Å². The maximum absolute atomic E-state index is 12.3. The molecule has 2 heterocycles. The van der Waals surface area contributed by atoms with Crippen LogP contribution < -0.4 is 10.5 Å². The molecule has 0 unspecified atom stereocenters. The van der Waals surface area contributed by atoms with E-state index in [-0.39, 0.29) is 49.4 Å². The number of aromatic nitrogens is 3. The molecule has 0 aliphatic rings. The first-order valence-corrected chi connectivity index (χ1v) is 11.8. The summed E-state index contributed by atoms with van der Waals surface area (Å²) in [5.74, 6) is -0.655. The molecule has 1 aromatic carbocycles. The molecule has 0 amide bonds. The third kappa shape index (κ3) is 7.69. The van der Waals surface area contributed by atoms with Gasteiger partial charge in [-0.15, -0.1) is 29.9 Å². The molecule has 0 spiro atoms. The lowest BCUT2D eigenvalue weighted by atomic mass is 9.90. The molecule has 11 heteroatoms. The second-order valence-electron chi connectivity index (χ2n) is 9.05. The first kappa shape index (κ1) is 32.9. The summed E-state index contributed by atoms with van der Waals surface area (Å²) >= 11 is 0. The zero-order chi connectivity index (χ0) is 26.4. The normalized spacial score (nSPS) is 10.4. The molecule has 0 saturated heterocycles. The van der Waals surface area contributed by atoms with Crippen LogP contribution in [0.5, 0.6) is 5.88 Å². The highest BCUT2D eigenvalue weighted by atomic mass is 35.5. The number of hydrogen-bond donors (Lipinski definition) is 1. The average Bonchev–Trinajstić information content (AvgIpc) is 3.25. The number of rotatable bonds is 10. The van der Waals surface area contributed by atoms with Crippen molar-refractivity contribution in [1.29, 1.82) is 0 Å². The summed E-state index contributed by atoms with van der Waals surface area (Å²) in [5.41, 5.74) is 13.1. The van der Waals surface area contributed by atoms with E-state index in [1.165, 1.54) is 25.1 Å². The minimum absolute atomic E-state index is 0. The van der Waals surface area contributed by atoms with Crippen molar-refractivity contribution in [3.05, 3.63) is 64.1 Å². The Hall–Kier alpha value is -3.14. The topological polar surface area (TPSA) is 119 Å². The number of methoxy groups -OCH3 is 2. The molecule has 208 valence electrons. The van der Waals surface area contributed by atoms with Gasteiger partial charge in [-0.2, -0.15) is 0 Å². The number of carbonyl (C=O) groups excluding carboxylic acids is 2. The van der Waals surface area contributed by atoms with E-state index in [1.807, 2.05) is 13.8 Å². The number of carbonyl (C=O) groups is 2. The summed E-state index contributed by atoms with van der Waals surface area (Å²) < 4.78 is 16.9. The van der Waals surface area contributed by atoms with E-state index in [0.717, 1.165) is 45.6 Å². The van der Waals surface area contributed by atoms with Gasteiger partial charge in [-0.05, 0) is 42.9 Å². The zero-order valence-electron chi connectivity index (χ0n) is 22.6. The Bertz CT molecular complexity index is 1240. The van der Waals surface area contributed by atoms with Gasteiger partial charge in [-0.3, -0.25) is 14.5 Å². The third-order valence-electron chi connectivity index (χ3n) is 5.84. The van der Waals surface area contributed by atoms with Gasteiger partial charge in [-0.25, -0.2) is 4.79 Å². The van der Waals surface area contributed by atoms with Crippen LogP contribution in [0, 0.1) is 19.8 Å². The van der Waals surface area contributed by atoms with Gasteiger partial charge in [0.05, 0.1) is 14.2 Å². The van der Waals surface area contributed by atoms with E-state index < -0.39 is 11.9 Å². The van der Waals surface area contributed by atoms with Crippen molar-refractivity contribution in [1.82, 2.24) is 14.8 Å². The van der Waals surface area contributed by atoms with Gasteiger partial charge >= 0.3 is 11.9 Å². The van der Waals surface area contributed by atoms with Gasteiger partial charge in [0, 0.05) is 29.7 Å². The standard InChI is InChI=1S/C27H34N4O5.2ClH/c1-16(2)11-23-20(12-28)25(19-9-7-17(3)8-10-19)22(18(4)29-23)15-36-26-21(27(33)35-6)13-31(30-26)14-24(32)34-5;;/h7-10,13,16H,11-12,14-15,28H2,1-6H3;2*1H. The predicted molar refractivity (Wildman–Crippen MR) is 150 cm³/mol. The Morgan fingerprint density at radius 3 is 2.24 bits per heavy atom. The molecule has 9 nitrogen and oxygen atoms in total. The van der Waals surface area contributed by atoms with E-state index in [9.17, 15) is 9.59 Å². The highest BCUT2D eigenvalue weighted by Crippen LogP contribution is 2.33. The smallest absolute Gasteiger partial charge is 0.345 e. The Morgan fingerprint density at radius 2 is 1.68 bits per heavy atom. The summed E-state index contributed by atoms with van der Waals surface area (Å²) in [4.78, 5) is 28.9. The molecule has 2 aromatic heterocycles. The molecule has 0 saturated carbocycles. The zero-order valence-corrected chi connectivity index (χ0v) is 24.2. The van der Waals surface area contributed by atoms with Crippen LogP contribution in [0.2, 0.25) is 0 Å². The van der Waals surface area contributed by atoms with Crippen molar-refractivity contribution in [3.63, 3.8) is 0 Å². The summed E-state index contributed by atoms with van der Waals surface area (Å²) in [6.45, 7) is 8.54. The molecule has 3 aromatic rings. The number of aryl methyl sites for hydroxylation is 2. The van der Waals surface area contributed by atoms with Crippen molar-refractivity contribution >= 4 is 36.8 Å². The lowest BCUT2D eigenvalue weighted by molar-refractivity contribution is -0.141. The third-order valence-corrected chi connectivity index (χ3v) is 5.84. The molecule has 2 N–H and O–H groups in total. The maximum Gasteiger partial charge on any atom is 0.345 e. The minimum Gasteiger partial charge on any atom is -0.471 e. The number of nitrogens with zero attached hydrogens (tertiary/aromatic N) is 3. The quantitative estimate of drug-likeness (QED) is 0.353. The number of nitrogens with two attached hydrogens (primary N) is 1. The van der Waals surface area contributed by atoms with Crippen molar-refractivity contribution < 1.29 is 23.8 Å². The molecular formula is C27H36Cl2N4O5. The highest BCUT2D eigenvalue weighted by molar-refractivity contribution is 5.91. The van der Waals surface area contributed by atoms with Crippen LogP contribution in [-0.2, 0) is 40.4 Å². The molecule has 38 heavy (non-hydrogen) atoms. The Kier molecular flexibility index (Phi) is 12.7. The first-order valence-electron chi connectivity index (χ1n) is 11.8. The molecule has 0 aliphatic carbocycles. The minimum atomic E-state index is -0.621. The SMILES string of the molecule is COC(=O)Cn1cc(C(=O)OC)c(OCc2c(C)nc(CC(C)C)c(CN)c2-c2ccc(C)cc2)n1.Cl.Cl. The maximum atomic E-state index is 12.3. The van der Waals surface area contributed by atoms with Crippen LogP contribution in [0.3, 0.4) is 0 Å². The lowest BCUT2D eigenvalue weighted by Crippen LogP contribution is -2.15. The lowest BCUT2D eigenvalue weighted by Gasteiger charge is -2.21. The summed E-state index contributed by atoms with van der Waals surface area (Å²) in [6.07, 6.45) is 2.21. The molecule has 0 fully saturated rings. The first-order chi connectivity index (χ1) is 17.2. The van der Waals surface area contributed by atoms with Crippen LogP contribution in [-0.4, -0.2) is 40.9 Å². The monoisotopic (exact) mass is 566 g/mol. The number of hydrogen-bond acceptors (Lipinski definition) is 8. The van der Waals surface area contributed by atoms with Gasteiger partial charge in [0.25, 0.3) is 0 Å². The fraction of sp³-hybridized carbons (Fsp3) is 0.407. The van der Waals surface area contributed by atoms with Gasteiger partial charge < -0.3 is 19.9 Å². The van der Waals surface area contributed by atoms with Crippen LogP contribution in [0.1, 0.15) is 52.3 Å². The van der Waals surface area contributed by atoms with E-state index in [4.69, 9.17) is 24.9 Å². The summed E-state index contributed by atoms with van der Waals surface area (Å²) in [6, 6.07) is 8.25. The number of pyridine rings is 1. The second kappa shape index (κ2) is 14.7. The summed E-state index contributed by atoms with van der Waals surface area (Å²) in [7, 11) is 2.55. The Labute approximate surface area is 235 Å². The van der Waals surface area contributed by atoms with Crippen molar-refractivity contribution in [2.45, 2.75) is 53.8 Å². The number of halogens is 2. The molecule has 0 radical (unpaired) electrons. The van der Waals surface area contributed by atoms with Crippen molar-refractivity contribution in [3.8, 4) is 17.0 Å². The molecular weight excluding hydrogens is 531 g/mol. The number of esters is 2. The van der Waals surface area contributed by atoms with Gasteiger partial charge in [0.2, 0.25) is 5.88 Å². The highest BCUT2D eigenvalue weighted by Gasteiger charge is 2.23. The molecule has 0 atom stereocenters. The van der Waals surface area contributed by atoms with Crippen LogP contribution in [0.4, 0.5) is 0 Å². The summed E-state index contributed by atoms with van der Waals surface area (Å²) in [5, 5.41) is 4.27. The van der Waals surface area contributed by atoms with E-state index in [0.29, 0.717) is 12.5 Å². The second-order valence-corrected chi connectivity index (χ2v) is 9.05. The van der Waals surface area contributed by atoms with E-state index in [1.54, 1.807) is 0 Å².